The number of hydrogen-bond acceptors (Lipinski definition) is 5. The van der Waals surface area contributed by atoms with Crippen LogP contribution in [0.5, 0.6) is 0 Å². The summed E-state index contributed by atoms with van der Waals surface area (Å²) in [7, 11) is 0. The fraction of sp³-hybridized carbons (Fsp3) is 0. The predicted molar refractivity (Wildman–Crippen MR) is 90.7 cm³/mol. The summed E-state index contributed by atoms with van der Waals surface area (Å²) < 4.78 is 6.29. The van der Waals surface area contributed by atoms with E-state index in [2.05, 4.69) is 31.8 Å². The Morgan fingerprint density at radius 1 is 1.17 bits per heavy atom. The summed E-state index contributed by atoms with van der Waals surface area (Å²) in [6, 6.07) is 10.7. The topological polar surface area (TPSA) is 84.2 Å². The fourth-order valence-corrected chi connectivity index (χ4v) is 3.05. The SMILES string of the molecule is O=C(C=Cc1nc2ccccc2o1)NNC(=O)c1ccc(Br)s1. The van der Waals surface area contributed by atoms with Gasteiger partial charge < -0.3 is 4.42 Å². The van der Waals surface area contributed by atoms with Gasteiger partial charge in [0.2, 0.25) is 5.89 Å². The molecule has 0 aliphatic heterocycles. The highest BCUT2D eigenvalue weighted by atomic mass is 79.9. The molecule has 0 saturated carbocycles. The van der Waals surface area contributed by atoms with E-state index in [-0.39, 0.29) is 5.91 Å². The van der Waals surface area contributed by atoms with Crippen molar-refractivity contribution in [3.63, 3.8) is 0 Å². The van der Waals surface area contributed by atoms with E-state index in [1.165, 1.54) is 23.5 Å². The normalized spacial score (nSPS) is 11.0. The van der Waals surface area contributed by atoms with Crippen LogP contribution in [0.1, 0.15) is 15.6 Å². The fourth-order valence-electron chi connectivity index (χ4n) is 1.77. The van der Waals surface area contributed by atoms with Gasteiger partial charge in [-0.25, -0.2) is 4.98 Å². The summed E-state index contributed by atoms with van der Waals surface area (Å²) >= 11 is 4.54. The maximum atomic E-state index is 11.8. The molecule has 0 aliphatic rings. The number of benzene rings is 1. The number of aromatic nitrogens is 1. The second-order valence-corrected chi connectivity index (χ2v) is 6.86. The number of oxazole rings is 1. The molecule has 0 saturated heterocycles. The Morgan fingerprint density at radius 2 is 2.00 bits per heavy atom. The van der Waals surface area contributed by atoms with Gasteiger partial charge in [-0.2, -0.15) is 0 Å². The average molecular weight is 392 g/mol. The highest BCUT2D eigenvalue weighted by Crippen LogP contribution is 2.21. The molecule has 0 aliphatic carbocycles. The van der Waals surface area contributed by atoms with E-state index >= 15 is 0 Å². The van der Waals surface area contributed by atoms with Crippen LogP contribution in [0.2, 0.25) is 0 Å². The van der Waals surface area contributed by atoms with E-state index in [4.69, 9.17) is 4.42 Å². The van der Waals surface area contributed by atoms with Crippen molar-refractivity contribution < 1.29 is 14.0 Å². The third kappa shape index (κ3) is 3.85. The molecule has 2 amide bonds. The standard InChI is InChI=1S/C15H10BrN3O3S/c16-12-6-5-11(23-12)15(21)19-18-13(20)7-8-14-17-9-3-1-2-4-10(9)22-14/h1-8H,(H,18,20)(H,19,21). The van der Waals surface area contributed by atoms with Crippen LogP contribution in [0.4, 0.5) is 0 Å². The first-order valence-electron chi connectivity index (χ1n) is 6.51. The van der Waals surface area contributed by atoms with Crippen molar-refractivity contribution in [1.82, 2.24) is 15.8 Å². The zero-order valence-electron chi connectivity index (χ0n) is 11.6. The molecule has 1 aromatic carbocycles. The van der Waals surface area contributed by atoms with Gasteiger partial charge in [0.1, 0.15) is 5.52 Å². The van der Waals surface area contributed by atoms with Crippen molar-refractivity contribution in [1.29, 1.82) is 0 Å². The van der Waals surface area contributed by atoms with Crippen molar-refractivity contribution in [2.45, 2.75) is 0 Å². The third-order valence-electron chi connectivity index (χ3n) is 2.78. The van der Waals surface area contributed by atoms with Gasteiger partial charge in [0, 0.05) is 12.2 Å². The number of amides is 2. The van der Waals surface area contributed by atoms with Crippen LogP contribution < -0.4 is 10.9 Å². The van der Waals surface area contributed by atoms with Gasteiger partial charge in [0.05, 0.1) is 8.66 Å². The summed E-state index contributed by atoms with van der Waals surface area (Å²) in [5, 5.41) is 0. The van der Waals surface area contributed by atoms with E-state index in [9.17, 15) is 9.59 Å². The minimum Gasteiger partial charge on any atom is -0.437 e. The van der Waals surface area contributed by atoms with Gasteiger partial charge in [-0.1, -0.05) is 12.1 Å². The summed E-state index contributed by atoms with van der Waals surface area (Å²) in [4.78, 5) is 28.1. The first-order chi connectivity index (χ1) is 11.1. The average Bonchev–Trinajstić information content (AvgIpc) is 3.16. The highest BCUT2D eigenvalue weighted by Gasteiger charge is 2.08. The lowest BCUT2D eigenvalue weighted by molar-refractivity contribution is -0.117. The summed E-state index contributed by atoms with van der Waals surface area (Å²) in [6.45, 7) is 0. The van der Waals surface area contributed by atoms with Gasteiger partial charge in [-0.05, 0) is 40.2 Å². The lowest BCUT2D eigenvalue weighted by Gasteiger charge is -2.02. The molecule has 6 nitrogen and oxygen atoms in total. The van der Waals surface area contributed by atoms with Gasteiger partial charge >= 0.3 is 0 Å². The van der Waals surface area contributed by atoms with Crippen molar-refractivity contribution in [3.05, 3.63) is 57.0 Å². The van der Waals surface area contributed by atoms with Crippen molar-refractivity contribution in [2.75, 3.05) is 0 Å². The molecule has 0 unspecified atom stereocenters. The second kappa shape index (κ2) is 6.76. The van der Waals surface area contributed by atoms with Crippen LogP contribution in [0.25, 0.3) is 17.2 Å². The number of rotatable bonds is 3. The molecule has 0 spiro atoms. The number of halogens is 1. The third-order valence-corrected chi connectivity index (χ3v) is 4.41. The monoisotopic (exact) mass is 391 g/mol. The molecule has 116 valence electrons. The smallest absolute Gasteiger partial charge is 0.279 e. The Bertz CT molecular complexity index is 867. The maximum absolute atomic E-state index is 11.8. The molecule has 8 heteroatoms. The van der Waals surface area contributed by atoms with Gasteiger partial charge in [-0.3, -0.25) is 20.4 Å². The number of carbonyl (C=O) groups excluding carboxylic acids is 2. The largest absolute Gasteiger partial charge is 0.437 e. The second-order valence-electron chi connectivity index (χ2n) is 4.40. The maximum Gasteiger partial charge on any atom is 0.279 e. The molecule has 3 aromatic rings. The minimum atomic E-state index is -0.490. The van der Waals surface area contributed by atoms with Crippen LogP contribution in [-0.4, -0.2) is 16.8 Å². The Balaban J connectivity index is 1.57. The molecule has 3 rings (SSSR count). The van der Waals surface area contributed by atoms with Gasteiger partial charge in [0.15, 0.2) is 5.58 Å². The molecule has 2 heterocycles. The number of thiophene rings is 1. The molecular weight excluding hydrogens is 382 g/mol. The van der Waals surface area contributed by atoms with Gasteiger partial charge in [-0.15, -0.1) is 11.3 Å². The van der Waals surface area contributed by atoms with E-state index in [0.29, 0.717) is 21.9 Å². The first kappa shape index (κ1) is 15.4. The minimum absolute atomic E-state index is 0.315. The molecule has 23 heavy (non-hydrogen) atoms. The van der Waals surface area contributed by atoms with Crippen molar-refractivity contribution in [2.24, 2.45) is 0 Å². The zero-order chi connectivity index (χ0) is 16.2. The molecule has 0 atom stereocenters. The number of nitrogens with zero attached hydrogens (tertiary/aromatic N) is 1. The molecule has 2 aromatic heterocycles. The Hall–Kier alpha value is -2.45. The number of para-hydroxylation sites is 2. The summed E-state index contributed by atoms with van der Waals surface area (Å²) in [5.41, 5.74) is 5.97. The lowest BCUT2D eigenvalue weighted by atomic mass is 10.3. The van der Waals surface area contributed by atoms with Crippen LogP contribution in [0.3, 0.4) is 0 Å². The number of fused-ring (bicyclic) bond motifs is 1. The quantitative estimate of drug-likeness (QED) is 0.530. The van der Waals surface area contributed by atoms with Crippen LogP contribution in [-0.2, 0) is 4.79 Å². The van der Waals surface area contributed by atoms with E-state index in [0.717, 1.165) is 3.79 Å². The Labute approximate surface area is 143 Å². The van der Waals surface area contributed by atoms with Crippen LogP contribution in [0.15, 0.2) is 50.7 Å². The van der Waals surface area contributed by atoms with Crippen LogP contribution in [0, 0.1) is 0 Å². The predicted octanol–water partition coefficient (Wildman–Crippen LogP) is 3.13. The van der Waals surface area contributed by atoms with Gasteiger partial charge in [0.25, 0.3) is 11.8 Å². The summed E-state index contributed by atoms with van der Waals surface area (Å²) in [6.07, 6.45) is 2.67. The zero-order valence-corrected chi connectivity index (χ0v) is 14.0. The molecule has 0 fully saturated rings. The van der Waals surface area contributed by atoms with Crippen molar-refractivity contribution in [3.8, 4) is 0 Å². The highest BCUT2D eigenvalue weighted by molar-refractivity contribution is 9.11. The number of hydrogen-bond donors (Lipinski definition) is 2. The lowest BCUT2D eigenvalue weighted by Crippen LogP contribution is -2.40. The molecular formula is C15H10BrN3O3S. The molecule has 0 radical (unpaired) electrons. The molecule has 0 bridgehead atoms. The van der Waals surface area contributed by atoms with E-state index in [1.807, 2.05) is 18.2 Å². The Morgan fingerprint density at radius 3 is 2.74 bits per heavy atom. The van der Waals surface area contributed by atoms with E-state index < -0.39 is 5.91 Å². The number of nitrogens with one attached hydrogen (secondary N) is 2. The van der Waals surface area contributed by atoms with Crippen LogP contribution >= 0.6 is 27.3 Å². The first-order valence-corrected chi connectivity index (χ1v) is 8.12. The number of hydrazine groups is 1. The molecule has 2 N–H and O–H groups in total. The van der Waals surface area contributed by atoms with Crippen molar-refractivity contribution >= 4 is 56.3 Å². The number of carbonyl (C=O) groups is 2. The summed E-state index contributed by atoms with van der Waals surface area (Å²) in [5.74, 6) is -0.560. The Kier molecular flexibility index (Phi) is 4.54. The van der Waals surface area contributed by atoms with E-state index in [1.54, 1.807) is 18.2 Å².